The van der Waals surface area contributed by atoms with Crippen molar-refractivity contribution in [2.75, 3.05) is 13.1 Å². The van der Waals surface area contributed by atoms with Gasteiger partial charge in [0.2, 0.25) is 10.0 Å². The highest BCUT2D eigenvalue weighted by Crippen LogP contribution is 2.26. The van der Waals surface area contributed by atoms with Crippen molar-refractivity contribution in [2.45, 2.75) is 23.8 Å². The standard InChI is InChI=1S/C14H17FN4O2S.ClH/c15-13-5-1-2-6-14(13)18-10-12(9-17-18)22(20,21)19-7-3-4-11(19)8-16;/h1-2,5-6,9-11H,3-4,7-8,16H2;1H. The average molecular weight is 361 g/mol. The number of hydrogen-bond acceptors (Lipinski definition) is 4. The summed E-state index contributed by atoms with van der Waals surface area (Å²) in [5.74, 6) is -0.462. The average Bonchev–Trinajstić information content (AvgIpc) is 3.17. The minimum Gasteiger partial charge on any atom is -0.329 e. The molecule has 3 rings (SSSR count). The molecule has 2 aromatic rings. The fraction of sp³-hybridized carbons (Fsp3) is 0.357. The number of para-hydroxylation sites is 1. The molecule has 1 aromatic carbocycles. The second-order valence-electron chi connectivity index (χ2n) is 5.22. The SMILES string of the molecule is Cl.NCC1CCCN1S(=O)(=O)c1cnn(-c2ccccc2F)c1. The van der Waals surface area contributed by atoms with Crippen LogP contribution in [0.15, 0.2) is 41.6 Å². The molecular formula is C14H18ClFN4O2S. The molecule has 0 bridgehead atoms. The zero-order valence-corrected chi connectivity index (χ0v) is 13.9. The molecule has 6 nitrogen and oxygen atoms in total. The summed E-state index contributed by atoms with van der Waals surface area (Å²) in [6, 6.07) is 5.89. The summed E-state index contributed by atoms with van der Waals surface area (Å²) in [5.41, 5.74) is 5.85. The van der Waals surface area contributed by atoms with Crippen LogP contribution in [-0.2, 0) is 10.0 Å². The Labute approximate surface area is 140 Å². The molecule has 126 valence electrons. The summed E-state index contributed by atoms with van der Waals surface area (Å²) >= 11 is 0. The van der Waals surface area contributed by atoms with Crippen molar-refractivity contribution < 1.29 is 12.8 Å². The molecule has 1 unspecified atom stereocenters. The van der Waals surface area contributed by atoms with E-state index in [0.29, 0.717) is 13.1 Å². The topological polar surface area (TPSA) is 81.2 Å². The molecule has 2 heterocycles. The van der Waals surface area contributed by atoms with Gasteiger partial charge in [0.1, 0.15) is 16.4 Å². The van der Waals surface area contributed by atoms with Crippen molar-refractivity contribution in [2.24, 2.45) is 5.73 Å². The summed E-state index contributed by atoms with van der Waals surface area (Å²) in [6.45, 7) is 0.746. The van der Waals surface area contributed by atoms with Crippen LogP contribution in [-0.4, -0.2) is 41.6 Å². The van der Waals surface area contributed by atoms with Gasteiger partial charge in [-0.1, -0.05) is 12.1 Å². The van der Waals surface area contributed by atoms with Crippen LogP contribution in [0.5, 0.6) is 0 Å². The third-order valence-corrected chi connectivity index (χ3v) is 5.76. The van der Waals surface area contributed by atoms with Crippen LogP contribution in [0.3, 0.4) is 0 Å². The Kier molecular flexibility index (Phi) is 5.41. The number of aromatic nitrogens is 2. The van der Waals surface area contributed by atoms with Gasteiger partial charge in [-0.15, -0.1) is 12.4 Å². The molecule has 23 heavy (non-hydrogen) atoms. The fourth-order valence-corrected chi connectivity index (χ4v) is 4.34. The smallest absolute Gasteiger partial charge is 0.246 e. The fourth-order valence-electron chi connectivity index (χ4n) is 2.71. The molecule has 1 fully saturated rings. The largest absolute Gasteiger partial charge is 0.329 e. The molecule has 0 amide bonds. The Hall–Kier alpha value is -1.48. The lowest BCUT2D eigenvalue weighted by Crippen LogP contribution is -2.39. The van der Waals surface area contributed by atoms with E-state index >= 15 is 0 Å². The summed E-state index contributed by atoms with van der Waals surface area (Å²) in [4.78, 5) is 0.0519. The van der Waals surface area contributed by atoms with Crippen molar-refractivity contribution in [1.29, 1.82) is 0 Å². The van der Waals surface area contributed by atoms with E-state index in [1.54, 1.807) is 12.1 Å². The summed E-state index contributed by atoms with van der Waals surface area (Å²) in [7, 11) is -3.65. The van der Waals surface area contributed by atoms with Crippen molar-refractivity contribution >= 4 is 22.4 Å². The Morgan fingerprint density at radius 3 is 2.78 bits per heavy atom. The van der Waals surface area contributed by atoms with Gasteiger partial charge in [-0.25, -0.2) is 17.5 Å². The van der Waals surface area contributed by atoms with Gasteiger partial charge >= 0.3 is 0 Å². The third kappa shape index (κ3) is 3.25. The monoisotopic (exact) mass is 360 g/mol. The predicted octanol–water partition coefficient (Wildman–Crippen LogP) is 1.54. The molecule has 0 saturated carbocycles. The van der Waals surface area contributed by atoms with Crippen LogP contribution in [0.25, 0.3) is 5.69 Å². The van der Waals surface area contributed by atoms with Crippen LogP contribution >= 0.6 is 12.4 Å². The van der Waals surface area contributed by atoms with E-state index in [1.807, 2.05) is 0 Å². The molecule has 1 aliphatic rings. The van der Waals surface area contributed by atoms with E-state index in [-0.39, 0.29) is 29.0 Å². The van der Waals surface area contributed by atoms with Gasteiger partial charge in [-0.3, -0.25) is 0 Å². The highest BCUT2D eigenvalue weighted by molar-refractivity contribution is 7.89. The number of halogens is 2. The van der Waals surface area contributed by atoms with Crippen molar-refractivity contribution in [3.05, 3.63) is 42.5 Å². The Morgan fingerprint density at radius 2 is 2.09 bits per heavy atom. The Morgan fingerprint density at radius 1 is 1.35 bits per heavy atom. The van der Waals surface area contributed by atoms with E-state index in [9.17, 15) is 12.8 Å². The Bertz CT molecular complexity index is 781. The minimum absolute atomic E-state index is 0. The molecule has 2 N–H and O–H groups in total. The van der Waals surface area contributed by atoms with E-state index in [2.05, 4.69) is 5.10 Å². The molecule has 1 aliphatic heterocycles. The highest BCUT2D eigenvalue weighted by Gasteiger charge is 2.35. The van der Waals surface area contributed by atoms with Crippen LogP contribution in [0, 0.1) is 5.82 Å². The van der Waals surface area contributed by atoms with E-state index in [1.165, 1.54) is 33.5 Å². The molecule has 0 spiro atoms. The lowest BCUT2D eigenvalue weighted by Gasteiger charge is -2.21. The molecule has 0 radical (unpaired) electrons. The van der Waals surface area contributed by atoms with Gasteiger partial charge in [0.05, 0.1) is 12.4 Å². The van der Waals surface area contributed by atoms with Gasteiger partial charge in [-0.2, -0.15) is 9.40 Å². The maximum Gasteiger partial charge on any atom is 0.246 e. The number of sulfonamides is 1. The minimum atomic E-state index is -3.65. The van der Waals surface area contributed by atoms with E-state index in [4.69, 9.17) is 5.73 Å². The normalized spacial score (nSPS) is 18.8. The first-order valence-electron chi connectivity index (χ1n) is 7.05. The first-order chi connectivity index (χ1) is 10.5. The maximum absolute atomic E-state index is 13.8. The second kappa shape index (κ2) is 6.96. The number of hydrogen-bond donors (Lipinski definition) is 1. The number of nitrogens with zero attached hydrogens (tertiary/aromatic N) is 3. The summed E-state index contributed by atoms with van der Waals surface area (Å²) in [5, 5.41) is 3.98. The van der Waals surface area contributed by atoms with Gasteiger partial charge in [0.15, 0.2) is 0 Å². The van der Waals surface area contributed by atoms with Crippen molar-refractivity contribution in [3.63, 3.8) is 0 Å². The molecular weight excluding hydrogens is 343 g/mol. The maximum atomic E-state index is 13.8. The predicted molar refractivity (Wildman–Crippen MR) is 86.7 cm³/mol. The number of benzene rings is 1. The van der Waals surface area contributed by atoms with Crippen LogP contribution in [0.2, 0.25) is 0 Å². The second-order valence-corrected chi connectivity index (χ2v) is 7.11. The van der Waals surface area contributed by atoms with Crippen LogP contribution < -0.4 is 5.73 Å². The van der Waals surface area contributed by atoms with Gasteiger partial charge in [-0.05, 0) is 25.0 Å². The number of nitrogens with two attached hydrogens (primary N) is 1. The lowest BCUT2D eigenvalue weighted by atomic mass is 10.2. The van der Waals surface area contributed by atoms with E-state index in [0.717, 1.165) is 12.8 Å². The van der Waals surface area contributed by atoms with Crippen LogP contribution in [0.4, 0.5) is 4.39 Å². The van der Waals surface area contributed by atoms with Gasteiger partial charge in [0, 0.05) is 19.1 Å². The molecule has 0 aliphatic carbocycles. The molecule has 1 aromatic heterocycles. The highest BCUT2D eigenvalue weighted by atomic mass is 35.5. The first-order valence-corrected chi connectivity index (χ1v) is 8.49. The van der Waals surface area contributed by atoms with Gasteiger partial charge < -0.3 is 5.73 Å². The summed E-state index contributed by atoms with van der Waals surface area (Å²) < 4.78 is 41.7. The zero-order chi connectivity index (χ0) is 15.7. The third-order valence-electron chi connectivity index (χ3n) is 3.86. The first kappa shape index (κ1) is 17.9. The summed E-state index contributed by atoms with van der Waals surface area (Å²) in [6.07, 6.45) is 4.13. The quantitative estimate of drug-likeness (QED) is 0.896. The number of rotatable bonds is 4. The van der Waals surface area contributed by atoms with Crippen LogP contribution in [0.1, 0.15) is 12.8 Å². The van der Waals surface area contributed by atoms with Crippen molar-refractivity contribution in [3.8, 4) is 5.69 Å². The van der Waals surface area contributed by atoms with Crippen molar-refractivity contribution in [1.82, 2.24) is 14.1 Å². The molecule has 1 saturated heterocycles. The lowest BCUT2D eigenvalue weighted by molar-refractivity contribution is 0.393. The molecule has 1 atom stereocenters. The molecule has 9 heteroatoms. The Balaban J connectivity index is 0.00000192. The zero-order valence-electron chi connectivity index (χ0n) is 12.3. The van der Waals surface area contributed by atoms with E-state index < -0.39 is 15.8 Å². The van der Waals surface area contributed by atoms with Gasteiger partial charge in [0.25, 0.3) is 0 Å².